The van der Waals surface area contributed by atoms with Gasteiger partial charge in [0.2, 0.25) is 5.76 Å². The molecule has 1 amide bonds. The van der Waals surface area contributed by atoms with Crippen LogP contribution in [-0.4, -0.2) is 10.9 Å². The van der Waals surface area contributed by atoms with Crippen LogP contribution in [0.5, 0.6) is 0 Å². The quantitative estimate of drug-likeness (QED) is 0.320. The van der Waals surface area contributed by atoms with Gasteiger partial charge in [0.05, 0.1) is 27.2 Å². The molecular formula is C25H15ClN2O3S. The largest absolute Gasteiger partial charge is 0.450 e. The maximum absolute atomic E-state index is 13.6. The topological polar surface area (TPSA) is 63.4 Å². The van der Waals surface area contributed by atoms with Crippen molar-refractivity contribution in [2.45, 2.75) is 13.0 Å². The lowest BCUT2D eigenvalue weighted by molar-refractivity contribution is 0.0971. The summed E-state index contributed by atoms with van der Waals surface area (Å²) in [6.45, 7) is 2.01. The first kappa shape index (κ1) is 19.2. The lowest BCUT2D eigenvalue weighted by Gasteiger charge is -2.22. The third-order valence-corrected chi connectivity index (χ3v) is 6.97. The van der Waals surface area contributed by atoms with Crippen LogP contribution in [0.4, 0.5) is 5.13 Å². The maximum atomic E-state index is 13.6. The van der Waals surface area contributed by atoms with E-state index in [1.807, 2.05) is 37.3 Å². The molecule has 0 spiro atoms. The summed E-state index contributed by atoms with van der Waals surface area (Å²) in [5, 5.41) is 1.54. The van der Waals surface area contributed by atoms with E-state index in [4.69, 9.17) is 21.0 Å². The standard InChI is InChI=1S/C25H15ClN2O3S/c1-13-6-11-17-19(12-13)32-25(27-17)28-21(14-7-9-15(26)10-8-14)20-22(29)16-4-2-3-5-18(16)31-23(20)24(28)30/h2-12,21H,1H3/t21-/m1/s1. The monoisotopic (exact) mass is 458 g/mol. The third kappa shape index (κ3) is 2.80. The van der Waals surface area contributed by atoms with E-state index in [1.165, 1.54) is 11.3 Å². The fourth-order valence-electron chi connectivity index (χ4n) is 4.20. The molecule has 1 atom stereocenters. The number of hydrogen-bond donors (Lipinski definition) is 0. The average molecular weight is 459 g/mol. The molecule has 0 fully saturated rings. The number of amides is 1. The SMILES string of the molecule is Cc1ccc2nc(N3C(=O)c4oc5ccccc5c(=O)c4[C@H]3c3ccc(Cl)cc3)sc2c1. The molecule has 2 aromatic heterocycles. The van der Waals surface area contributed by atoms with E-state index in [9.17, 15) is 9.59 Å². The number of hydrogen-bond acceptors (Lipinski definition) is 5. The van der Waals surface area contributed by atoms with Gasteiger partial charge in [-0.15, -0.1) is 0 Å². The van der Waals surface area contributed by atoms with Crippen molar-refractivity contribution in [2.75, 3.05) is 4.90 Å². The number of para-hydroxylation sites is 1. The van der Waals surface area contributed by atoms with Crippen molar-refractivity contribution < 1.29 is 9.21 Å². The Kier molecular flexibility index (Phi) is 4.22. The molecule has 1 aliphatic rings. The van der Waals surface area contributed by atoms with Crippen LogP contribution in [0.2, 0.25) is 5.02 Å². The van der Waals surface area contributed by atoms with E-state index in [1.54, 1.807) is 41.3 Å². The molecule has 1 aliphatic heterocycles. The number of rotatable bonds is 2. The second-order valence-corrected chi connectivity index (χ2v) is 9.21. The predicted octanol–water partition coefficient (Wildman–Crippen LogP) is 6.11. The predicted molar refractivity (Wildman–Crippen MR) is 127 cm³/mol. The third-order valence-electron chi connectivity index (χ3n) is 5.70. The Morgan fingerprint density at radius 2 is 1.81 bits per heavy atom. The Labute approximate surface area is 191 Å². The van der Waals surface area contributed by atoms with Crippen molar-refractivity contribution in [3.05, 3.63) is 104 Å². The first-order valence-electron chi connectivity index (χ1n) is 10.0. The molecule has 32 heavy (non-hydrogen) atoms. The van der Waals surface area contributed by atoms with Gasteiger partial charge in [-0.2, -0.15) is 0 Å². The molecule has 0 saturated heterocycles. The molecular weight excluding hydrogens is 444 g/mol. The fraction of sp³-hybridized carbons (Fsp3) is 0.0800. The van der Waals surface area contributed by atoms with E-state index < -0.39 is 6.04 Å². The first-order valence-corrected chi connectivity index (χ1v) is 11.2. The number of nitrogens with zero attached hydrogens (tertiary/aromatic N) is 2. The molecule has 7 heteroatoms. The van der Waals surface area contributed by atoms with Gasteiger partial charge in [0.1, 0.15) is 5.58 Å². The van der Waals surface area contributed by atoms with E-state index >= 15 is 0 Å². The summed E-state index contributed by atoms with van der Waals surface area (Å²) in [6, 6.07) is 19.4. The van der Waals surface area contributed by atoms with Crippen molar-refractivity contribution in [1.29, 1.82) is 0 Å². The Morgan fingerprint density at radius 1 is 1.03 bits per heavy atom. The highest BCUT2D eigenvalue weighted by molar-refractivity contribution is 7.22. The number of benzene rings is 3. The molecule has 156 valence electrons. The van der Waals surface area contributed by atoms with Crippen molar-refractivity contribution in [3.8, 4) is 0 Å². The number of fused-ring (bicyclic) bond motifs is 3. The lowest BCUT2D eigenvalue weighted by atomic mass is 9.99. The highest BCUT2D eigenvalue weighted by Crippen LogP contribution is 2.43. The molecule has 5 aromatic rings. The zero-order chi connectivity index (χ0) is 22.0. The molecule has 3 heterocycles. The molecule has 0 N–H and O–H groups in total. The number of halogens is 1. The van der Waals surface area contributed by atoms with Crippen LogP contribution < -0.4 is 10.3 Å². The Morgan fingerprint density at radius 3 is 2.62 bits per heavy atom. The molecule has 3 aromatic carbocycles. The van der Waals surface area contributed by atoms with E-state index in [2.05, 4.69) is 0 Å². The number of carbonyl (C=O) groups is 1. The summed E-state index contributed by atoms with van der Waals surface area (Å²) in [4.78, 5) is 33.4. The average Bonchev–Trinajstić information content (AvgIpc) is 3.33. The van der Waals surface area contributed by atoms with Crippen molar-refractivity contribution in [1.82, 2.24) is 4.98 Å². The van der Waals surface area contributed by atoms with Gasteiger partial charge in [0, 0.05) is 5.02 Å². The minimum atomic E-state index is -0.655. The molecule has 0 saturated carbocycles. The van der Waals surface area contributed by atoms with Crippen LogP contribution in [0, 0.1) is 6.92 Å². The van der Waals surface area contributed by atoms with Gasteiger partial charge in [-0.25, -0.2) is 4.98 Å². The number of aryl methyl sites for hydroxylation is 1. The maximum Gasteiger partial charge on any atom is 0.297 e. The van der Waals surface area contributed by atoms with E-state index in [0.29, 0.717) is 26.7 Å². The van der Waals surface area contributed by atoms with Gasteiger partial charge in [-0.05, 0) is 54.4 Å². The van der Waals surface area contributed by atoms with E-state index in [-0.39, 0.29) is 17.1 Å². The van der Waals surface area contributed by atoms with Crippen molar-refractivity contribution in [2.24, 2.45) is 0 Å². The summed E-state index contributed by atoms with van der Waals surface area (Å²) in [6.07, 6.45) is 0. The van der Waals surface area contributed by atoms with Crippen molar-refractivity contribution in [3.63, 3.8) is 0 Å². The zero-order valence-corrected chi connectivity index (χ0v) is 18.4. The van der Waals surface area contributed by atoms with Gasteiger partial charge in [-0.1, -0.05) is 53.3 Å². The Bertz CT molecular complexity index is 1600. The number of aromatic nitrogens is 1. The fourth-order valence-corrected chi connectivity index (χ4v) is 5.42. The molecule has 6 rings (SSSR count). The molecule has 0 radical (unpaired) electrons. The van der Waals surface area contributed by atoms with Crippen LogP contribution in [0.25, 0.3) is 21.2 Å². The lowest BCUT2D eigenvalue weighted by Crippen LogP contribution is -2.29. The molecule has 5 nitrogen and oxygen atoms in total. The summed E-state index contributed by atoms with van der Waals surface area (Å²) in [5.41, 5.74) is 3.18. The van der Waals surface area contributed by atoms with Crippen LogP contribution in [-0.2, 0) is 0 Å². The molecule has 0 bridgehead atoms. The van der Waals surface area contributed by atoms with Gasteiger partial charge in [0.25, 0.3) is 5.91 Å². The smallest absolute Gasteiger partial charge is 0.297 e. The first-order chi connectivity index (χ1) is 15.5. The van der Waals surface area contributed by atoms with Crippen molar-refractivity contribution >= 4 is 55.2 Å². The van der Waals surface area contributed by atoms with Crippen LogP contribution in [0.1, 0.15) is 33.3 Å². The summed E-state index contributed by atoms with van der Waals surface area (Å²) in [7, 11) is 0. The summed E-state index contributed by atoms with van der Waals surface area (Å²) >= 11 is 7.53. The van der Waals surface area contributed by atoms with E-state index in [0.717, 1.165) is 21.3 Å². The highest BCUT2D eigenvalue weighted by Gasteiger charge is 2.44. The number of carbonyl (C=O) groups excluding carboxylic acids is 1. The highest BCUT2D eigenvalue weighted by atomic mass is 35.5. The number of anilines is 1. The minimum Gasteiger partial charge on any atom is -0.450 e. The van der Waals surface area contributed by atoms with Gasteiger partial charge >= 0.3 is 0 Å². The van der Waals surface area contributed by atoms with Crippen LogP contribution >= 0.6 is 22.9 Å². The minimum absolute atomic E-state index is 0.0593. The Hall–Kier alpha value is -3.48. The van der Waals surface area contributed by atoms with Crippen LogP contribution in [0.15, 0.2) is 75.9 Å². The van der Waals surface area contributed by atoms with Crippen LogP contribution in [0.3, 0.4) is 0 Å². The van der Waals surface area contributed by atoms with Gasteiger partial charge in [0.15, 0.2) is 10.6 Å². The Balaban J connectivity index is 1.64. The number of thiazole rings is 1. The second kappa shape index (κ2) is 7.02. The summed E-state index contributed by atoms with van der Waals surface area (Å²) < 4.78 is 6.95. The second-order valence-electron chi connectivity index (χ2n) is 7.77. The van der Waals surface area contributed by atoms with Gasteiger partial charge < -0.3 is 4.42 Å². The molecule has 0 unspecified atom stereocenters. The van der Waals surface area contributed by atoms with Gasteiger partial charge in [-0.3, -0.25) is 14.5 Å². The molecule has 0 aliphatic carbocycles. The summed E-state index contributed by atoms with van der Waals surface area (Å²) in [5.74, 6) is -0.317. The zero-order valence-electron chi connectivity index (χ0n) is 16.8. The normalized spacial score (nSPS) is 15.6.